The Kier molecular flexibility index (Phi) is 4.02. The minimum Gasteiger partial charge on any atom is -0.322 e. The Morgan fingerprint density at radius 2 is 1.95 bits per heavy atom. The number of rotatable bonds is 3. The third-order valence-electron chi connectivity index (χ3n) is 3.98. The van der Waals surface area contributed by atoms with Crippen molar-refractivity contribution in [1.82, 2.24) is 5.32 Å². The molecule has 3 heteroatoms. The first-order chi connectivity index (χ1) is 10.3. The predicted octanol–water partition coefficient (Wildman–Crippen LogP) is 3.15. The molecule has 2 aromatic rings. The summed E-state index contributed by atoms with van der Waals surface area (Å²) in [5.74, 6) is -0.0485. The topological polar surface area (TPSA) is 41.1 Å². The predicted molar refractivity (Wildman–Crippen MR) is 85.6 cm³/mol. The van der Waals surface area contributed by atoms with E-state index in [2.05, 4.69) is 23.6 Å². The van der Waals surface area contributed by atoms with Crippen LogP contribution in [0, 0.1) is 0 Å². The van der Waals surface area contributed by atoms with E-state index in [0.29, 0.717) is 0 Å². The Morgan fingerprint density at radius 3 is 2.71 bits per heavy atom. The third-order valence-corrected chi connectivity index (χ3v) is 3.98. The molecule has 0 saturated carbocycles. The molecule has 0 saturated heterocycles. The number of hydrogen-bond acceptors (Lipinski definition) is 2. The zero-order chi connectivity index (χ0) is 14.7. The quantitative estimate of drug-likeness (QED) is 0.907. The van der Waals surface area contributed by atoms with Crippen LogP contribution in [0.1, 0.15) is 34.0 Å². The molecular formula is C18H20N2O. The summed E-state index contributed by atoms with van der Waals surface area (Å²) in [6.07, 6.45) is 2.04. The zero-order valence-corrected chi connectivity index (χ0v) is 12.3. The fourth-order valence-electron chi connectivity index (χ4n) is 2.65. The highest BCUT2D eigenvalue weighted by molar-refractivity contribution is 6.04. The first-order valence-electron chi connectivity index (χ1n) is 7.49. The van der Waals surface area contributed by atoms with Gasteiger partial charge in [0.05, 0.1) is 0 Å². The van der Waals surface area contributed by atoms with Gasteiger partial charge in [0, 0.05) is 17.8 Å². The molecule has 0 fully saturated rings. The molecule has 21 heavy (non-hydrogen) atoms. The van der Waals surface area contributed by atoms with Gasteiger partial charge in [0.1, 0.15) is 0 Å². The Labute approximate surface area is 125 Å². The summed E-state index contributed by atoms with van der Waals surface area (Å²) in [6.45, 7) is 3.98. The van der Waals surface area contributed by atoms with Crippen molar-refractivity contribution in [3.8, 4) is 0 Å². The van der Waals surface area contributed by atoms with E-state index in [4.69, 9.17) is 0 Å². The molecule has 3 nitrogen and oxygen atoms in total. The molecule has 0 bridgehead atoms. The maximum absolute atomic E-state index is 12.3. The summed E-state index contributed by atoms with van der Waals surface area (Å²) in [5.41, 5.74) is 5.41. The van der Waals surface area contributed by atoms with Crippen LogP contribution >= 0.6 is 0 Å². The number of fused-ring (bicyclic) bond motifs is 1. The van der Waals surface area contributed by atoms with Gasteiger partial charge in [-0.15, -0.1) is 0 Å². The fraction of sp³-hybridized carbons (Fsp3) is 0.278. The second-order valence-corrected chi connectivity index (χ2v) is 5.41. The standard InChI is InChI=1S/C18H20N2O/c1-2-13-3-7-17(8-4-13)20-18(21)15-6-5-14-9-10-19-12-16(14)11-15/h3-8,11,19H,2,9-10,12H2,1H3,(H,20,21). The van der Waals surface area contributed by atoms with Gasteiger partial charge in [-0.1, -0.05) is 25.1 Å². The van der Waals surface area contributed by atoms with Gasteiger partial charge in [-0.05, 0) is 60.3 Å². The molecule has 0 unspecified atom stereocenters. The van der Waals surface area contributed by atoms with Gasteiger partial charge in [0.15, 0.2) is 0 Å². The van der Waals surface area contributed by atoms with Gasteiger partial charge in [0.2, 0.25) is 0 Å². The van der Waals surface area contributed by atoms with E-state index in [9.17, 15) is 4.79 Å². The Hall–Kier alpha value is -2.13. The Morgan fingerprint density at radius 1 is 1.14 bits per heavy atom. The summed E-state index contributed by atoms with van der Waals surface area (Å²) in [6, 6.07) is 14.0. The average molecular weight is 280 g/mol. The van der Waals surface area contributed by atoms with Crippen molar-refractivity contribution in [3.05, 3.63) is 64.7 Å². The van der Waals surface area contributed by atoms with Crippen LogP contribution in [0.2, 0.25) is 0 Å². The molecule has 1 heterocycles. The molecular weight excluding hydrogens is 260 g/mol. The molecule has 0 atom stereocenters. The second kappa shape index (κ2) is 6.10. The van der Waals surface area contributed by atoms with E-state index in [0.717, 1.165) is 37.2 Å². The van der Waals surface area contributed by atoms with Crippen LogP contribution in [-0.2, 0) is 19.4 Å². The van der Waals surface area contributed by atoms with E-state index in [1.807, 2.05) is 36.4 Å². The van der Waals surface area contributed by atoms with Gasteiger partial charge < -0.3 is 10.6 Å². The molecule has 3 rings (SSSR count). The van der Waals surface area contributed by atoms with Gasteiger partial charge in [-0.2, -0.15) is 0 Å². The van der Waals surface area contributed by atoms with Crippen molar-refractivity contribution in [3.63, 3.8) is 0 Å². The third kappa shape index (κ3) is 3.14. The first kappa shape index (κ1) is 13.8. The summed E-state index contributed by atoms with van der Waals surface area (Å²) < 4.78 is 0. The van der Waals surface area contributed by atoms with Gasteiger partial charge in [-0.25, -0.2) is 0 Å². The van der Waals surface area contributed by atoms with Crippen molar-refractivity contribution in [2.75, 3.05) is 11.9 Å². The summed E-state index contributed by atoms with van der Waals surface area (Å²) in [5, 5.41) is 6.29. The molecule has 108 valence electrons. The van der Waals surface area contributed by atoms with Crippen LogP contribution in [0.15, 0.2) is 42.5 Å². The van der Waals surface area contributed by atoms with Crippen LogP contribution in [0.5, 0.6) is 0 Å². The lowest BCUT2D eigenvalue weighted by molar-refractivity contribution is 0.102. The minimum absolute atomic E-state index is 0.0485. The van der Waals surface area contributed by atoms with E-state index in [-0.39, 0.29) is 5.91 Å². The van der Waals surface area contributed by atoms with Crippen LogP contribution in [0.25, 0.3) is 0 Å². The molecule has 1 aliphatic heterocycles. The first-order valence-corrected chi connectivity index (χ1v) is 7.49. The van der Waals surface area contributed by atoms with Crippen molar-refractivity contribution < 1.29 is 4.79 Å². The maximum atomic E-state index is 12.3. The van der Waals surface area contributed by atoms with Crippen molar-refractivity contribution >= 4 is 11.6 Å². The van der Waals surface area contributed by atoms with Gasteiger partial charge in [0.25, 0.3) is 5.91 Å². The number of aryl methyl sites for hydroxylation is 1. The monoisotopic (exact) mass is 280 g/mol. The lowest BCUT2D eigenvalue weighted by atomic mass is 9.98. The number of benzene rings is 2. The number of nitrogens with one attached hydrogen (secondary N) is 2. The number of amides is 1. The summed E-state index contributed by atoms with van der Waals surface area (Å²) in [7, 11) is 0. The van der Waals surface area contributed by atoms with Crippen molar-refractivity contribution in [2.24, 2.45) is 0 Å². The molecule has 1 amide bonds. The summed E-state index contributed by atoms with van der Waals surface area (Å²) >= 11 is 0. The lowest BCUT2D eigenvalue weighted by Gasteiger charge is -2.17. The highest BCUT2D eigenvalue weighted by Crippen LogP contribution is 2.17. The molecule has 0 radical (unpaired) electrons. The molecule has 0 aliphatic carbocycles. The molecule has 2 N–H and O–H groups in total. The van der Waals surface area contributed by atoms with E-state index < -0.39 is 0 Å². The van der Waals surface area contributed by atoms with Crippen molar-refractivity contribution in [1.29, 1.82) is 0 Å². The van der Waals surface area contributed by atoms with Gasteiger partial charge in [-0.3, -0.25) is 4.79 Å². The van der Waals surface area contributed by atoms with E-state index in [1.165, 1.54) is 16.7 Å². The van der Waals surface area contributed by atoms with Gasteiger partial charge >= 0.3 is 0 Å². The number of carbonyl (C=O) groups excluding carboxylic acids is 1. The number of hydrogen-bond donors (Lipinski definition) is 2. The average Bonchev–Trinajstić information content (AvgIpc) is 2.55. The SMILES string of the molecule is CCc1ccc(NC(=O)c2ccc3c(c2)CNCC3)cc1. The number of carbonyl (C=O) groups is 1. The van der Waals surface area contributed by atoms with Crippen LogP contribution in [0.3, 0.4) is 0 Å². The fourth-order valence-corrected chi connectivity index (χ4v) is 2.65. The van der Waals surface area contributed by atoms with E-state index in [1.54, 1.807) is 0 Å². The Bertz CT molecular complexity index is 647. The van der Waals surface area contributed by atoms with E-state index >= 15 is 0 Å². The Balaban J connectivity index is 1.75. The highest BCUT2D eigenvalue weighted by Gasteiger charge is 2.12. The maximum Gasteiger partial charge on any atom is 0.255 e. The molecule has 1 aliphatic rings. The lowest BCUT2D eigenvalue weighted by Crippen LogP contribution is -2.24. The highest BCUT2D eigenvalue weighted by atomic mass is 16.1. The molecule has 0 spiro atoms. The normalized spacial score (nSPS) is 13.6. The minimum atomic E-state index is -0.0485. The smallest absolute Gasteiger partial charge is 0.255 e. The number of anilines is 1. The molecule has 0 aromatic heterocycles. The molecule has 2 aromatic carbocycles. The largest absolute Gasteiger partial charge is 0.322 e. The van der Waals surface area contributed by atoms with Crippen LogP contribution in [0.4, 0.5) is 5.69 Å². The zero-order valence-electron chi connectivity index (χ0n) is 12.3. The second-order valence-electron chi connectivity index (χ2n) is 5.41. The van der Waals surface area contributed by atoms with Crippen molar-refractivity contribution in [2.45, 2.75) is 26.3 Å². The van der Waals surface area contributed by atoms with Crippen LogP contribution in [-0.4, -0.2) is 12.5 Å². The summed E-state index contributed by atoms with van der Waals surface area (Å²) in [4.78, 5) is 12.3. The van der Waals surface area contributed by atoms with Crippen LogP contribution < -0.4 is 10.6 Å².